The van der Waals surface area contributed by atoms with Crippen molar-refractivity contribution in [3.63, 3.8) is 0 Å². The maximum Gasteiger partial charge on any atom is 0.230 e. The topological polar surface area (TPSA) is 55.5 Å². The fraction of sp³-hybridized carbons (Fsp3) is 0.0833. The minimum absolute atomic E-state index is 0.120. The molecule has 1 aromatic carbocycles. The predicted octanol–water partition coefficient (Wildman–Crippen LogP) is 2.70. The molecule has 4 nitrogen and oxygen atoms in total. The summed E-state index contributed by atoms with van der Waals surface area (Å²) in [6.07, 6.45) is 1.55. The van der Waals surface area contributed by atoms with E-state index < -0.39 is 0 Å². The number of hydrogen-bond donors (Lipinski definition) is 1. The third-order valence-electron chi connectivity index (χ3n) is 2.57. The second-order valence-corrected chi connectivity index (χ2v) is 3.46. The van der Waals surface area contributed by atoms with Gasteiger partial charge >= 0.3 is 0 Å². The Balaban J connectivity index is 2.59. The summed E-state index contributed by atoms with van der Waals surface area (Å²) in [4.78, 5) is 4.25. The Bertz CT molecular complexity index is 672. The van der Waals surface area contributed by atoms with Gasteiger partial charge in [-0.1, -0.05) is 6.07 Å². The minimum atomic E-state index is 0.120. The number of furan rings is 1. The Kier molecular flexibility index (Phi) is 1.77. The molecule has 16 heavy (non-hydrogen) atoms. The fourth-order valence-corrected chi connectivity index (χ4v) is 1.86. The molecular weight excluding hydrogens is 206 g/mol. The predicted molar refractivity (Wildman–Crippen MR) is 59.7 cm³/mol. The summed E-state index contributed by atoms with van der Waals surface area (Å²) in [6, 6.07) is 7.00. The largest absolute Gasteiger partial charge is 0.506 e. The number of benzene rings is 1. The lowest BCUT2D eigenvalue weighted by Crippen LogP contribution is -1.88. The lowest BCUT2D eigenvalue weighted by Gasteiger charge is -2.06. The summed E-state index contributed by atoms with van der Waals surface area (Å²) in [5, 5.41) is 11.3. The molecular formula is C12H9NO3. The summed E-state index contributed by atoms with van der Waals surface area (Å²) in [7, 11) is 1.59. The number of hydrogen-bond acceptors (Lipinski definition) is 4. The lowest BCUT2D eigenvalue weighted by atomic mass is 10.1. The van der Waals surface area contributed by atoms with Crippen molar-refractivity contribution in [2.45, 2.75) is 0 Å². The van der Waals surface area contributed by atoms with Gasteiger partial charge in [0.1, 0.15) is 17.0 Å². The molecule has 4 heteroatoms. The Morgan fingerprint density at radius 1 is 1.25 bits per heavy atom. The van der Waals surface area contributed by atoms with Crippen LogP contribution in [0.5, 0.6) is 11.5 Å². The number of rotatable bonds is 1. The van der Waals surface area contributed by atoms with Crippen LogP contribution in [0, 0.1) is 0 Å². The highest BCUT2D eigenvalue weighted by Gasteiger charge is 2.13. The molecule has 0 amide bonds. The zero-order chi connectivity index (χ0) is 11.1. The molecule has 1 N–H and O–H groups in total. The number of methoxy groups -OCH3 is 1. The van der Waals surface area contributed by atoms with Crippen LogP contribution in [-0.4, -0.2) is 17.2 Å². The van der Waals surface area contributed by atoms with Crippen LogP contribution in [0.3, 0.4) is 0 Å². The van der Waals surface area contributed by atoms with Gasteiger partial charge in [0.2, 0.25) is 5.71 Å². The number of fused-ring (bicyclic) bond motifs is 2. The first-order valence-electron chi connectivity index (χ1n) is 4.84. The number of pyridine rings is 1. The van der Waals surface area contributed by atoms with E-state index in [1.54, 1.807) is 31.6 Å². The van der Waals surface area contributed by atoms with E-state index in [1.807, 2.05) is 6.07 Å². The third-order valence-corrected chi connectivity index (χ3v) is 2.57. The van der Waals surface area contributed by atoms with Crippen molar-refractivity contribution < 1.29 is 14.3 Å². The van der Waals surface area contributed by atoms with Gasteiger partial charge in [0.05, 0.1) is 18.8 Å². The van der Waals surface area contributed by atoms with Crippen LogP contribution in [0.4, 0.5) is 0 Å². The average molecular weight is 215 g/mol. The van der Waals surface area contributed by atoms with Crippen molar-refractivity contribution in [3.8, 4) is 11.5 Å². The number of aromatic hydroxyl groups is 1. The van der Waals surface area contributed by atoms with Gasteiger partial charge < -0.3 is 14.3 Å². The van der Waals surface area contributed by atoms with Crippen LogP contribution in [0.2, 0.25) is 0 Å². The van der Waals surface area contributed by atoms with Gasteiger partial charge in [-0.2, -0.15) is 0 Å². The lowest BCUT2D eigenvalue weighted by molar-refractivity contribution is 0.423. The molecule has 2 aromatic heterocycles. The molecule has 0 radical (unpaired) electrons. The van der Waals surface area contributed by atoms with Crippen molar-refractivity contribution >= 4 is 22.0 Å². The van der Waals surface area contributed by atoms with E-state index in [-0.39, 0.29) is 5.75 Å². The van der Waals surface area contributed by atoms with Crippen molar-refractivity contribution in [3.05, 3.63) is 30.5 Å². The van der Waals surface area contributed by atoms with E-state index in [9.17, 15) is 5.11 Å². The monoisotopic (exact) mass is 215 g/mol. The number of phenolic OH excluding ortho intramolecular Hbond substituents is 1. The Labute approximate surface area is 91.1 Å². The van der Waals surface area contributed by atoms with Crippen molar-refractivity contribution in [1.82, 2.24) is 4.98 Å². The van der Waals surface area contributed by atoms with Crippen LogP contribution in [0.1, 0.15) is 0 Å². The van der Waals surface area contributed by atoms with E-state index in [4.69, 9.17) is 9.15 Å². The Hall–Kier alpha value is -2.23. The highest BCUT2D eigenvalue weighted by molar-refractivity contribution is 6.01. The smallest absolute Gasteiger partial charge is 0.230 e. The molecule has 0 aliphatic rings. The van der Waals surface area contributed by atoms with Crippen LogP contribution >= 0.6 is 0 Å². The van der Waals surface area contributed by atoms with Crippen molar-refractivity contribution in [2.75, 3.05) is 7.11 Å². The van der Waals surface area contributed by atoms with Gasteiger partial charge in [-0.3, -0.25) is 0 Å². The molecule has 0 saturated heterocycles. The molecule has 0 atom stereocenters. The van der Waals surface area contributed by atoms with E-state index in [0.29, 0.717) is 17.0 Å². The van der Waals surface area contributed by atoms with E-state index in [0.717, 1.165) is 10.8 Å². The summed E-state index contributed by atoms with van der Waals surface area (Å²) >= 11 is 0. The summed E-state index contributed by atoms with van der Waals surface area (Å²) in [5.41, 5.74) is 0.952. The maximum absolute atomic E-state index is 9.73. The highest BCUT2D eigenvalue weighted by Crippen LogP contribution is 2.36. The number of nitrogens with zero attached hydrogens (tertiary/aromatic N) is 1. The molecule has 0 aliphatic heterocycles. The number of para-hydroxylation sites is 1. The first-order valence-corrected chi connectivity index (χ1v) is 4.84. The van der Waals surface area contributed by atoms with Gasteiger partial charge in [-0.25, -0.2) is 4.98 Å². The van der Waals surface area contributed by atoms with Crippen molar-refractivity contribution in [2.24, 2.45) is 0 Å². The summed E-state index contributed by atoms with van der Waals surface area (Å²) in [5.74, 6) is 0.791. The van der Waals surface area contributed by atoms with Crippen LogP contribution in [0.25, 0.3) is 22.0 Å². The van der Waals surface area contributed by atoms with Gasteiger partial charge in [0, 0.05) is 5.39 Å². The zero-order valence-electron chi connectivity index (χ0n) is 8.60. The van der Waals surface area contributed by atoms with Gasteiger partial charge in [-0.05, 0) is 18.2 Å². The molecule has 3 rings (SSSR count). The second-order valence-electron chi connectivity index (χ2n) is 3.46. The molecule has 0 saturated carbocycles. The standard InChI is InChI=1S/C12H9NO3/c1-15-11-7-3-2-4-9(14)10(7)13-12-8(11)5-6-16-12/h2-6,14H,1H3. The van der Waals surface area contributed by atoms with Crippen molar-refractivity contribution in [1.29, 1.82) is 0 Å². The van der Waals surface area contributed by atoms with Crippen LogP contribution in [-0.2, 0) is 0 Å². The molecule has 0 fully saturated rings. The molecule has 3 aromatic rings. The fourth-order valence-electron chi connectivity index (χ4n) is 1.86. The zero-order valence-corrected chi connectivity index (χ0v) is 8.60. The van der Waals surface area contributed by atoms with E-state index in [1.165, 1.54) is 0 Å². The van der Waals surface area contributed by atoms with Crippen LogP contribution in [0.15, 0.2) is 34.9 Å². The normalized spacial score (nSPS) is 11.1. The minimum Gasteiger partial charge on any atom is -0.506 e. The summed E-state index contributed by atoms with van der Waals surface area (Å²) in [6.45, 7) is 0. The first kappa shape index (κ1) is 9.03. The highest BCUT2D eigenvalue weighted by atomic mass is 16.5. The molecule has 80 valence electrons. The molecule has 2 heterocycles. The average Bonchev–Trinajstić information content (AvgIpc) is 2.75. The molecule has 0 aliphatic carbocycles. The van der Waals surface area contributed by atoms with Gasteiger partial charge in [0.15, 0.2) is 0 Å². The van der Waals surface area contributed by atoms with E-state index >= 15 is 0 Å². The molecule has 0 spiro atoms. The number of ether oxygens (including phenoxy) is 1. The maximum atomic E-state index is 9.73. The SMILES string of the molecule is COc1c2ccoc2nc2c(O)cccc12. The van der Waals surface area contributed by atoms with Gasteiger partial charge in [-0.15, -0.1) is 0 Å². The number of phenols is 1. The first-order chi connectivity index (χ1) is 7.81. The van der Waals surface area contributed by atoms with Crippen LogP contribution < -0.4 is 4.74 Å². The third kappa shape index (κ3) is 1.07. The Morgan fingerprint density at radius 2 is 2.12 bits per heavy atom. The second kappa shape index (κ2) is 3.13. The number of aromatic nitrogens is 1. The molecule has 0 bridgehead atoms. The summed E-state index contributed by atoms with van der Waals surface area (Å²) < 4.78 is 10.6. The van der Waals surface area contributed by atoms with Gasteiger partial charge in [0.25, 0.3) is 0 Å². The van der Waals surface area contributed by atoms with E-state index in [2.05, 4.69) is 4.98 Å². The Morgan fingerprint density at radius 3 is 2.94 bits per heavy atom. The molecule has 0 unspecified atom stereocenters. The quantitative estimate of drug-likeness (QED) is 0.678.